The molecule has 0 saturated carbocycles. The quantitative estimate of drug-likeness (QED) is 0.216. The van der Waals surface area contributed by atoms with Crippen molar-refractivity contribution in [3.8, 4) is 5.75 Å². The van der Waals surface area contributed by atoms with Crippen molar-refractivity contribution in [1.29, 1.82) is 0 Å². The van der Waals surface area contributed by atoms with Crippen molar-refractivity contribution in [3.05, 3.63) is 41.1 Å². The predicted molar refractivity (Wildman–Crippen MR) is 92.1 cm³/mol. The van der Waals surface area contributed by atoms with Gasteiger partial charge in [-0.05, 0) is 23.6 Å². The van der Waals surface area contributed by atoms with Crippen LogP contribution in [0.25, 0.3) is 0 Å². The second kappa shape index (κ2) is 8.57. The number of esters is 1. The third kappa shape index (κ3) is 3.95. The maximum absolute atomic E-state index is 15.3. The first-order valence-electron chi connectivity index (χ1n) is 8.68. The van der Waals surface area contributed by atoms with Crippen LogP contribution in [0.5, 0.6) is 5.75 Å². The molecule has 1 aromatic rings. The highest BCUT2D eigenvalue weighted by molar-refractivity contribution is 6.41. The van der Waals surface area contributed by atoms with Crippen molar-refractivity contribution >= 4 is 11.8 Å². The Morgan fingerprint density at radius 3 is 2.64 bits per heavy atom. The van der Waals surface area contributed by atoms with E-state index < -0.39 is 28.9 Å². The monoisotopic (exact) mass is 396 g/mol. The molecule has 0 saturated heterocycles. The van der Waals surface area contributed by atoms with E-state index in [2.05, 4.69) is 4.74 Å². The average Bonchev–Trinajstić information content (AvgIpc) is 3.15. The molecule has 0 fully saturated rings. The van der Waals surface area contributed by atoms with Crippen LogP contribution in [0.3, 0.4) is 0 Å². The molecule has 0 atom stereocenters. The summed E-state index contributed by atoms with van der Waals surface area (Å²) in [5.74, 6) is -4.25. The Kier molecular flexibility index (Phi) is 6.15. The van der Waals surface area contributed by atoms with E-state index in [4.69, 9.17) is 23.7 Å². The number of methoxy groups -OCH3 is 2. The number of halogens is 1. The number of hydrogen-bond acceptors (Lipinski definition) is 8. The molecule has 1 spiro atoms. The molecule has 8 nitrogen and oxygen atoms in total. The Morgan fingerprint density at radius 1 is 1.21 bits per heavy atom. The average molecular weight is 396 g/mol. The fourth-order valence-electron chi connectivity index (χ4n) is 3.17. The lowest BCUT2D eigenvalue weighted by molar-refractivity contribution is -0.149. The van der Waals surface area contributed by atoms with E-state index in [0.717, 1.165) is 7.11 Å². The van der Waals surface area contributed by atoms with Crippen LogP contribution in [0, 0.1) is 5.82 Å². The van der Waals surface area contributed by atoms with Crippen LogP contribution < -0.4 is 4.74 Å². The summed E-state index contributed by atoms with van der Waals surface area (Å²) in [5.41, 5.74) is 0.398. The number of carbonyl (C=O) groups excluding carboxylic acids is 2. The van der Waals surface area contributed by atoms with Crippen molar-refractivity contribution in [2.24, 2.45) is 0 Å². The maximum Gasteiger partial charge on any atom is 0.379 e. The van der Waals surface area contributed by atoms with E-state index in [1.54, 1.807) is 6.07 Å². The smallest absolute Gasteiger partial charge is 0.379 e. The third-order valence-electron chi connectivity index (χ3n) is 4.59. The lowest BCUT2D eigenvalue weighted by Crippen LogP contribution is -2.38. The van der Waals surface area contributed by atoms with Gasteiger partial charge >= 0.3 is 5.97 Å². The van der Waals surface area contributed by atoms with Crippen molar-refractivity contribution in [2.45, 2.75) is 25.0 Å². The zero-order valence-electron chi connectivity index (χ0n) is 15.6. The number of ketones is 1. The molecule has 9 heteroatoms. The lowest BCUT2D eigenvalue weighted by atomic mass is 9.84. The highest BCUT2D eigenvalue weighted by Gasteiger charge is 2.42. The summed E-state index contributed by atoms with van der Waals surface area (Å²) >= 11 is 0. The largest absolute Gasteiger partial charge is 0.467 e. The fourth-order valence-corrected chi connectivity index (χ4v) is 3.17. The van der Waals surface area contributed by atoms with Crippen LogP contribution in [-0.2, 0) is 41.3 Å². The van der Waals surface area contributed by atoms with Gasteiger partial charge in [0.05, 0.1) is 26.7 Å². The van der Waals surface area contributed by atoms with Crippen LogP contribution in [0.4, 0.5) is 4.39 Å². The van der Waals surface area contributed by atoms with Gasteiger partial charge in [-0.1, -0.05) is 0 Å². The van der Waals surface area contributed by atoms with Crippen molar-refractivity contribution in [3.63, 3.8) is 0 Å². The minimum atomic E-state index is -1.19. The number of benzene rings is 1. The van der Waals surface area contributed by atoms with Gasteiger partial charge in [-0.3, -0.25) is 4.79 Å². The van der Waals surface area contributed by atoms with Gasteiger partial charge in [-0.25, -0.2) is 9.18 Å². The summed E-state index contributed by atoms with van der Waals surface area (Å²) in [4.78, 5) is 24.2. The van der Waals surface area contributed by atoms with Gasteiger partial charge in [0, 0.05) is 13.5 Å². The highest BCUT2D eigenvalue weighted by Crippen LogP contribution is 2.40. The van der Waals surface area contributed by atoms with Crippen molar-refractivity contribution in [2.75, 3.05) is 34.2 Å². The summed E-state index contributed by atoms with van der Waals surface area (Å²) < 4.78 is 46.3. The van der Waals surface area contributed by atoms with E-state index in [1.807, 2.05) is 0 Å². The first-order valence-corrected chi connectivity index (χ1v) is 8.68. The van der Waals surface area contributed by atoms with Gasteiger partial charge in [0.15, 0.2) is 6.79 Å². The molecule has 2 aliphatic rings. The van der Waals surface area contributed by atoms with Gasteiger partial charge in [0.25, 0.3) is 11.6 Å². The molecule has 1 aliphatic carbocycles. The Hall–Kier alpha value is -2.65. The number of fused-ring (bicyclic) bond motifs is 1. The zero-order chi connectivity index (χ0) is 20.1. The van der Waals surface area contributed by atoms with Gasteiger partial charge in [-0.2, -0.15) is 0 Å². The molecule has 0 aromatic heterocycles. The van der Waals surface area contributed by atoms with Crippen LogP contribution >= 0.6 is 0 Å². The lowest BCUT2D eigenvalue weighted by Gasteiger charge is -2.33. The molecule has 0 unspecified atom stereocenters. The SMILES string of the molecule is COCCOCOc1cc2c(c(F)c1C(=O)C(=O)OC)CC1(CC2)OC=CO1. The molecular formula is C19H21FO8. The Morgan fingerprint density at radius 2 is 1.96 bits per heavy atom. The number of ether oxygens (including phenoxy) is 6. The van der Waals surface area contributed by atoms with Gasteiger partial charge in [-0.15, -0.1) is 0 Å². The second-order valence-electron chi connectivity index (χ2n) is 6.28. The van der Waals surface area contributed by atoms with E-state index in [1.165, 1.54) is 19.6 Å². The number of hydrogen-bond donors (Lipinski definition) is 0. The summed E-state index contributed by atoms with van der Waals surface area (Å²) in [6.07, 6.45) is 3.84. The number of Topliss-reactive ketones (excluding diaryl/α,β-unsaturated/α-hetero) is 1. The Labute approximate surface area is 161 Å². The van der Waals surface area contributed by atoms with Gasteiger partial charge in [0.2, 0.25) is 0 Å². The predicted octanol–water partition coefficient (Wildman–Crippen LogP) is 1.88. The number of rotatable bonds is 8. The minimum absolute atomic E-state index is 0.0774. The van der Waals surface area contributed by atoms with Crippen LogP contribution in [0.1, 0.15) is 27.9 Å². The summed E-state index contributed by atoms with van der Waals surface area (Å²) in [5, 5.41) is 0. The highest BCUT2D eigenvalue weighted by atomic mass is 19.1. The zero-order valence-corrected chi connectivity index (χ0v) is 15.6. The normalized spacial score (nSPS) is 16.2. The van der Waals surface area contributed by atoms with Crippen LogP contribution in [-0.4, -0.2) is 51.8 Å². The molecule has 1 aliphatic heterocycles. The molecule has 152 valence electrons. The van der Waals surface area contributed by atoms with E-state index in [0.29, 0.717) is 25.0 Å². The first kappa shape index (κ1) is 20.1. The molecule has 0 radical (unpaired) electrons. The molecule has 1 heterocycles. The van der Waals surface area contributed by atoms with Gasteiger partial charge in [0.1, 0.15) is 29.7 Å². The van der Waals surface area contributed by atoms with Crippen molar-refractivity contribution in [1.82, 2.24) is 0 Å². The minimum Gasteiger partial charge on any atom is -0.467 e. The van der Waals surface area contributed by atoms with Crippen molar-refractivity contribution < 1.29 is 42.4 Å². The standard InChI is InChI=1S/C19H21FO8/c1-23-5-6-25-11-26-14-9-12-3-4-19(27-7-8-28-19)10-13(12)16(20)15(14)17(21)18(22)24-2/h7-9H,3-6,10-11H2,1-2H3. The molecule has 3 rings (SSSR count). The molecule has 1 aromatic carbocycles. The first-order chi connectivity index (χ1) is 13.5. The van der Waals surface area contributed by atoms with E-state index in [-0.39, 0.29) is 31.1 Å². The molecule has 0 amide bonds. The van der Waals surface area contributed by atoms with Crippen LogP contribution in [0.15, 0.2) is 18.6 Å². The van der Waals surface area contributed by atoms with E-state index in [9.17, 15) is 9.59 Å². The topological polar surface area (TPSA) is 89.5 Å². The van der Waals surface area contributed by atoms with Crippen LogP contribution in [0.2, 0.25) is 0 Å². The molecular weight excluding hydrogens is 375 g/mol. The molecule has 0 N–H and O–H groups in total. The Bertz CT molecular complexity index is 781. The third-order valence-corrected chi connectivity index (χ3v) is 4.59. The van der Waals surface area contributed by atoms with E-state index >= 15 is 4.39 Å². The maximum atomic E-state index is 15.3. The number of carbonyl (C=O) groups is 2. The summed E-state index contributed by atoms with van der Waals surface area (Å²) in [7, 11) is 2.57. The second-order valence-corrected chi connectivity index (χ2v) is 6.28. The summed E-state index contributed by atoms with van der Waals surface area (Å²) in [6, 6.07) is 1.55. The molecule has 0 bridgehead atoms. The fraction of sp³-hybridized carbons (Fsp3) is 0.474. The molecule has 28 heavy (non-hydrogen) atoms. The summed E-state index contributed by atoms with van der Waals surface area (Å²) in [6.45, 7) is 0.378. The van der Waals surface area contributed by atoms with Gasteiger partial charge < -0.3 is 28.4 Å². The number of aryl methyl sites for hydroxylation is 1. The Balaban J connectivity index is 1.91.